The van der Waals surface area contributed by atoms with E-state index in [4.69, 9.17) is 4.74 Å². The number of hydrogen-bond acceptors (Lipinski definition) is 4. The standard InChI is InChI=1S/C13H23N3O4/c1-10(2)13(11(17)18)3-4-15(9-13)12(19)14-16-5-7-20-8-6-16/h10H,3-9H2,1-2H3,(H,14,19)(H,17,18). The predicted octanol–water partition coefficient (Wildman–Crippen LogP) is 0.376. The van der Waals surface area contributed by atoms with Crippen molar-refractivity contribution in [3.8, 4) is 0 Å². The molecule has 7 nitrogen and oxygen atoms in total. The lowest BCUT2D eigenvalue weighted by molar-refractivity contribution is -0.150. The average Bonchev–Trinajstić information content (AvgIpc) is 2.86. The van der Waals surface area contributed by atoms with Crippen LogP contribution in [0.4, 0.5) is 4.79 Å². The number of hydrogen-bond donors (Lipinski definition) is 2. The fourth-order valence-electron chi connectivity index (χ4n) is 2.78. The van der Waals surface area contributed by atoms with Gasteiger partial charge in [-0.2, -0.15) is 0 Å². The van der Waals surface area contributed by atoms with E-state index in [-0.39, 0.29) is 18.5 Å². The fraction of sp³-hybridized carbons (Fsp3) is 0.846. The van der Waals surface area contributed by atoms with E-state index in [9.17, 15) is 14.7 Å². The van der Waals surface area contributed by atoms with Crippen molar-refractivity contribution in [1.29, 1.82) is 0 Å². The van der Waals surface area contributed by atoms with Crippen molar-refractivity contribution in [1.82, 2.24) is 15.3 Å². The third kappa shape index (κ3) is 2.88. The minimum absolute atomic E-state index is 0.00110. The summed E-state index contributed by atoms with van der Waals surface area (Å²) in [6.45, 7) is 7.09. The monoisotopic (exact) mass is 285 g/mol. The number of ether oxygens (including phenoxy) is 1. The quantitative estimate of drug-likeness (QED) is 0.783. The lowest BCUT2D eigenvalue weighted by atomic mass is 9.76. The van der Waals surface area contributed by atoms with E-state index < -0.39 is 11.4 Å². The first-order chi connectivity index (χ1) is 9.45. The molecule has 0 aromatic heterocycles. The van der Waals surface area contributed by atoms with Crippen molar-refractivity contribution in [2.24, 2.45) is 11.3 Å². The maximum absolute atomic E-state index is 12.2. The Kier molecular flexibility index (Phi) is 4.49. The molecule has 20 heavy (non-hydrogen) atoms. The highest BCUT2D eigenvalue weighted by atomic mass is 16.5. The maximum atomic E-state index is 12.2. The number of aliphatic carboxylic acids is 1. The van der Waals surface area contributed by atoms with Crippen molar-refractivity contribution >= 4 is 12.0 Å². The van der Waals surface area contributed by atoms with E-state index in [2.05, 4.69) is 5.43 Å². The number of carbonyl (C=O) groups excluding carboxylic acids is 1. The highest BCUT2D eigenvalue weighted by Crippen LogP contribution is 2.38. The molecule has 7 heteroatoms. The molecule has 2 fully saturated rings. The molecule has 0 aliphatic carbocycles. The Balaban J connectivity index is 1.94. The third-order valence-electron chi connectivity index (χ3n) is 4.38. The van der Waals surface area contributed by atoms with Crippen LogP contribution in [0.15, 0.2) is 0 Å². The van der Waals surface area contributed by atoms with Gasteiger partial charge in [-0.3, -0.25) is 10.2 Å². The van der Waals surface area contributed by atoms with Crippen LogP contribution >= 0.6 is 0 Å². The molecule has 1 atom stereocenters. The molecule has 0 saturated carbocycles. The van der Waals surface area contributed by atoms with Crippen molar-refractivity contribution in [3.05, 3.63) is 0 Å². The van der Waals surface area contributed by atoms with Gasteiger partial charge >= 0.3 is 12.0 Å². The normalized spacial score (nSPS) is 27.9. The lowest BCUT2D eigenvalue weighted by Gasteiger charge is -2.31. The molecule has 0 bridgehead atoms. The SMILES string of the molecule is CC(C)C1(C(=O)O)CCN(C(=O)NN2CCOCC2)C1. The minimum atomic E-state index is -0.817. The summed E-state index contributed by atoms with van der Waals surface area (Å²) in [5, 5.41) is 11.3. The number of amides is 2. The molecule has 2 rings (SSSR count). The van der Waals surface area contributed by atoms with Crippen LogP contribution in [-0.2, 0) is 9.53 Å². The van der Waals surface area contributed by atoms with Crippen molar-refractivity contribution in [3.63, 3.8) is 0 Å². The number of morpholine rings is 1. The highest BCUT2D eigenvalue weighted by Gasteiger charge is 2.48. The number of carboxylic acids is 1. The Bertz CT molecular complexity index is 382. The van der Waals surface area contributed by atoms with Crippen LogP contribution in [0.25, 0.3) is 0 Å². The molecule has 2 aliphatic heterocycles. The number of urea groups is 1. The second-order valence-corrected chi connectivity index (χ2v) is 5.80. The Hall–Kier alpha value is -1.34. The molecule has 2 saturated heterocycles. The average molecular weight is 285 g/mol. The van der Waals surface area contributed by atoms with Crippen molar-refractivity contribution in [2.45, 2.75) is 20.3 Å². The van der Waals surface area contributed by atoms with E-state index in [0.29, 0.717) is 39.3 Å². The summed E-state index contributed by atoms with van der Waals surface area (Å²) in [5.41, 5.74) is 2.01. The van der Waals surface area contributed by atoms with Gasteiger partial charge in [-0.15, -0.1) is 0 Å². The molecule has 0 aromatic rings. The first kappa shape index (κ1) is 15.1. The topological polar surface area (TPSA) is 82.1 Å². The van der Waals surface area contributed by atoms with Gasteiger partial charge in [0.2, 0.25) is 0 Å². The van der Waals surface area contributed by atoms with Gasteiger partial charge in [0, 0.05) is 26.2 Å². The summed E-state index contributed by atoms with van der Waals surface area (Å²) in [6, 6.07) is -0.212. The summed E-state index contributed by atoms with van der Waals surface area (Å²) in [5.74, 6) is -0.810. The number of carboxylic acid groups (broad SMARTS) is 1. The highest BCUT2D eigenvalue weighted by molar-refractivity contribution is 5.79. The predicted molar refractivity (Wildman–Crippen MR) is 72.0 cm³/mol. The molecule has 0 radical (unpaired) electrons. The molecule has 1 unspecified atom stereocenters. The second-order valence-electron chi connectivity index (χ2n) is 5.80. The number of nitrogens with zero attached hydrogens (tertiary/aromatic N) is 2. The smallest absolute Gasteiger partial charge is 0.331 e. The van der Waals surface area contributed by atoms with Gasteiger partial charge in [0.25, 0.3) is 0 Å². The first-order valence-electron chi connectivity index (χ1n) is 7.07. The molecular formula is C13H23N3O4. The van der Waals surface area contributed by atoms with Gasteiger partial charge in [-0.05, 0) is 12.3 Å². The molecule has 2 amide bonds. The zero-order valence-electron chi connectivity index (χ0n) is 12.1. The van der Waals surface area contributed by atoms with Crippen LogP contribution < -0.4 is 5.43 Å². The van der Waals surface area contributed by atoms with E-state index in [1.807, 2.05) is 18.9 Å². The summed E-state index contributed by atoms with van der Waals surface area (Å²) in [6.07, 6.45) is 0.510. The first-order valence-corrected chi connectivity index (χ1v) is 7.07. The number of nitrogens with one attached hydrogen (secondary N) is 1. The number of rotatable bonds is 3. The van der Waals surface area contributed by atoms with Crippen LogP contribution in [0.1, 0.15) is 20.3 Å². The van der Waals surface area contributed by atoms with Crippen LogP contribution in [0.3, 0.4) is 0 Å². The van der Waals surface area contributed by atoms with E-state index >= 15 is 0 Å². The van der Waals surface area contributed by atoms with Gasteiger partial charge in [-0.25, -0.2) is 9.80 Å². The fourth-order valence-corrected chi connectivity index (χ4v) is 2.78. The van der Waals surface area contributed by atoms with Crippen LogP contribution in [0, 0.1) is 11.3 Å². The van der Waals surface area contributed by atoms with E-state index in [0.717, 1.165) is 0 Å². The molecule has 0 spiro atoms. The van der Waals surface area contributed by atoms with Gasteiger partial charge in [0.1, 0.15) is 0 Å². The summed E-state index contributed by atoms with van der Waals surface area (Å²) in [4.78, 5) is 25.3. The Morgan fingerprint density at radius 2 is 1.90 bits per heavy atom. The van der Waals surface area contributed by atoms with E-state index in [1.54, 1.807) is 4.90 Å². The lowest BCUT2D eigenvalue weighted by Crippen LogP contribution is -2.53. The Morgan fingerprint density at radius 1 is 1.25 bits per heavy atom. The van der Waals surface area contributed by atoms with Gasteiger partial charge in [0.05, 0.1) is 18.6 Å². The van der Waals surface area contributed by atoms with Gasteiger partial charge < -0.3 is 14.7 Å². The van der Waals surface area contributed by atoms with Crippen molar-refractivity contribution in [2.75, 3.05) is 39.4 Å². The zero-order valence-corrected chi connectivity index (χ0v) is 12.1. The summed E-state index contributed by atoms with van der Waals surface area (Å²) in [7, 11) is 0. The number of likely N-dealkylation sites (tertiary alicyclic amines) is 1. The van der Waals surface area contributed by atoms with Crippen LogP contribution in [0.5, 0.6) is 0 Å². The van der Waals surface area contributed by atoms with Gasteiger partial charge in [-0.1, -0.05) is 13.8 Å². The molecular weight excluding hydrogens is 262 g/mol. The Morgan fingerprint density at radius 3 is 2.40 bits per heavy atom. The minimum Gasteiger partial charge on any atom is -0.481 e. The molecule has 114 valence electrons. The number of hydrazine groups is 1. The Labute approximate surface area is 118 Å². The van der Waals surface area contributed by atoms with Crippen LogP contribution in [0.2, 0.25) is 0 Å². The molecule has 2 N–H and O–H groups in total. The molecule has 2 aliphatic rings. The molecule has 2 heterocycles. The number of carbonyl (C=O) groups is 2. The van der Waals surface area contributed by atoms with Crippen LogP contribution in [-0.4, -0.2) is 66.4 Å². The second kappa shape index (κ2) is 5.97. The summed E-state index contributed by atoms with van der Waals surface area (Å²) >= 11 is 0. The molecule has 0 aromatic carbocycles. The zero-order chi connectivity index (χ0) is 14.8. The third-order valence-corrected chi connectivity index (χ3v) is 4.38. The maximum Gasteiger partial charge on any atom is 0.331 e. The van der Waals surface area contributed by atoms with Crippen molar-refractivity contribution < 1.29 is 19.4 Å². The largest absolute Gasteiger partial charge is 0.481 e. The van der Waals surface area contributed by atoms with Gasteiger partial charge in [0.15, 0.2) is 0 Å². The summed E-state index contributed by atoms with van der Waals surface area (Å²) < 4.78 is 5.22. The van der Waals surface area contributed by atoms with E-state index in [1.165, 1.54) is 0 Å².